The van der Waals surface area contributed by atoms with Crippen LogP contribution in [0.2, 0.25) is 0 Å². The average Bonchev–Trinajstić information content (AvgIpc) is 1.85. The van der Waals surface area contributed by atoms with Gasteiger partial charge in [0, 0.05) is 6.42 Å². The summed E-state index contributed by atoms with van der Waals surface area (Å²) in [6.45, 7) is -0.879. The summed E-state index contributed by atoms with van der Waals surface area (Å²) >= 11 is 0. The highest BCUT2D eigenvalue weighted by molar-refractivity contribution is 5.32. The van der Waals surface area contributed by atoms with Gasteiger partial charge in [-0.05, 0) is 0 Å². The van der Waals surface area contributed by atoms with Gasteiger partial charge in [-0.2, -0.15) is 22.0 Å². The molecule has 0 aromatic rings. The maximum Gasteiger partial charge on any atom is 0.453 e. The summed E-state index contributed by atoms with van der Waals surface area (Å²) in [5.41, 5.74) is 0. The molecule has 7 heteroatoms. The van der Waals surface area contributed by atoms with Gasteiger partial charge in [0.15, 0.2) is 0 Å². The molecule has 0 N–H and O–H groups in total. The van der Waals surface area contributed by atoms with E-state index in [9.17, 15) is 26.7 Å². The van der Waals surface area contributed by atoms with Crippen molar-refractivity contribution in [2.75, 3.05) is 6.54 Å². The number of alkyl halides is 5. The van der Waals surface area contributed by atoms with Crippen LogP contribution >= 0.6 is 0 Å². The van der Waals surface area contributed by atoms with Crippen LogP contribution in [-0.4, -0.2) is 24.7 Å². The average molecular weight is 189 g/mol. The molecule has 0 bridgehead atoms. The van der Waals surface area contributed by atoms with Crippen molar-refractivity contribution < 1.29 is 26.7 Å². The predicted octanol–water partition coefficient (Wildman–Crippen LogP) is 1.91. The first-order valence-electron chi connectivity index (χ1n) is 2.79. The molecule has 0 aromatic carbocycles. The lowest BCUT2D eigenvalue weighted by molar-refractivity contribution is -0.283. The van der Waals surface area contributed by atoms with Crippen molar-refractivity contribution in [2.45, 2.75) is 18.5 Å². The van der Waals surface area contributed by atoms with E-state index in [-0.39, 0.29) is 0 Å². The topological polar surface area (TPSA) is 29.4 Å². The van der Waals surface area contributed by atoms with Gasteiger partial charge in [0.25, 0.3) is 0 Å². The lowest BCUT2D eigenvalue weighted by Crippen LogP contribution is -2.36. The van der Waals surface area contributed by atoms with Crippen LogP contribution in [-0.2, 0) is 4.79 Å². The maximum atomic E-state index is 11.9. The smallest absolute Gasteiger partial charge is 0.211 e. The fraction of sp³-hybridized carbons (Fsp3) is 0.800. The Labute approximate surface area is 64.1 Å². The minimum absolute atomic E-state index is 0.866. The van der Waals surface area contributed by atoms with E-state index in [0.29, 0.717) is 0 Å². The zero-order chi connectivity index (χ0) is 9.83. The molecule has 0 aliphatic carbocycles. The largest absolute Gasteiger partial charge is 0.453 e. The molecule has 0 saturated heterocycles. The van der Waals surface area contributed by atoms with Gasteiger partial charge in [-0.3, -0.25) is 0 Å². The molecule has 0 radical (unpaired) electrons. The van der Waals surface area contributed by atoms with Gasteiger partial charge in [0.05, 0.1) is 6.54 Å². The zero-order valence-electron chi connectivity index (χ0n) is 5.66. The third-order valence-electron chi connectivity index (χ3n) is 1.02. The van der Waals surface area contributed by atoms with E-state index in [1.165, 1.54) is 0 Å². The van der Waals surface area contributed by atoms with Crippen LogP contribution in [0.4, 0.5) is 22.0 Å². The number of hydrogen-bond acceptors (Lipinski definition) is 2. The van der Waals surface area contributed by atoms with E-state index in [0.717, 1.165) is 6.08 Å². The van der Waals surface area contributed by atoms with Gasteiger partial charge >= 0.3 is 12.1 Å². The molecular weight excluding hydrogens is 185 g/mol. The van der Waals surface area contributed by atoms with Gasteiger partial charge in [-0.15, -0.1) is 0 Å². The van der Waals surface area contributed by atoms with E-state index >= 15 is 0 Å². The fourth-order valence-corrected chi connectivity index (χ4v) is 0.384. The van der Waals surface area contributed by atoms with Gasteiger partial charge < -0.3 is 0 Å². The van der Waals surface area contributed by atoms with Gasteiger partial charge in [0.1, 0.15) is 0 Å². The molecule has 0 saturated carbocycles. The van der Waals surface area contributed by atoms with Crippen LogP contribution in [0.3, 0.4) is 0 Å². The monoisotopic (exact) mass is 189 g/mol. The standard InChI is InChI=1S/C5H4F5NO/c6-4(7,5(8,9)10)1-2-11-3-12/h1-2H2. The van der Waals surface area contributed by atoms with Crippen LogP contribution in [0.1, 0.15) is 6.42 Å². The van der Waals surface area contributed by atoms with Crippen molar-refractivity contribution in [3.8, 4) is 0 Å². The van der Waals surface area contributed by atoms with Crippen molar-refractivity contribution in [1.29, 1.82) is 0 Å². The zero-order valence-corrected chi connectivity index (χ0v) is 5.66. The van der Waals surface area contributed by atoms with Crippen LogP contribution in [0.5, 0.6) is 0 Å². The second kappa shape index (κ2) is 3.62. The van der Waals surface area contributed by atoms with Gasteiger partial charge in [-0.25, -0.2) is 9.79 Å². The first-order chi connectivity index (χ1) is 5.31. The molecular formula is C5H4F5NO. The Morgan fingerprint density at radius 2 is 1.67 bits per heavy atom. The van der Waals surface area contributed by atoms with Crippen LogP contribution in [0.25, 0.3) is 0 Å². The second-order valence-electron chi connectivity index (χ2n) is 1.93. The summed E-state index contributed by atoms with van der Waals surface area (Å²) in [5, 5.41) is 0. The van der Waals surface area contributed by atoms with E-state index in [2.05, 4.69) is 4.99 Å². The van der Waals surface area contributed by atoms with Gasteiger partial charge in [0.2, 0.25) is 6.08 Å². The molecule has 0 aromatic heterocycles. The van der Waals surface area contributed by atoms with E-state index < -0.39 is 25.1 Å². The molecule has 70 valence electrons. The minimum atomic E-state index is -5.58. The van der Waals surface area contributed by atoms with Crippen molar-refractivity contribution in [3.63, 3.8) is 0 Å². The highest BCUT2D eigenvalue weighted by Gasteiger charge is 2.56. The molecule has 0 unspecified atom stereocenters. The third-order valence-corrected chi connectivity index (χ3v) is 1.02. The minimum Gasteiger partial charge on any atom is -0.211 e. The van der Waals surface area contributed by atoms with Gasteiger partial charge in [-0.1, -0.05) is 0 Å². The van der Waals surface area contributed by atoms with E-state index in [1.54, 1.807) is 0 Å². The number of carbonyl (C=O) groups excluding carboxylic acids is 1. The second-order valence-corrected chi connectivity index (χ2v) is 1.93. The Morgan fingerprint density at radius 1 is 1.17 bits per heavy atom. The van der Waals surface area contributed by atoms with Crippen molar-refractivity contribution in [2.24, 2.45) is 4.99 Å². The molecule has 0 fully saturated rings. The normalized spacial score (nSPS) is 12.4. The number of aliphatic imine (C=N–C) groups is 1. The SMILES string of the molecule is O=C=NCCC(F)(F)C(F)(F)F. The van der Waals surface area contributed by atoms with E-state index in [4.69, 9.17) is 0 Å². The molecule has 2 nitrogen and oxygen atoms in total. The first-order valence-corrected chi connectivity index (χ1v) is 2.79. The summed E-state index contributed by atoms with van der Waals surface area (Å²) in [5.74, 6) is -4.78. The van der Waals surface area contributed by atoms with Crippen molar-refractivity contribution in [3.05, 3.63) is 0 Å². The lowest BCUT2D eigenvalue weighted by Gasteiger charge is -2.17. The lowest BCUT2D eigenvalue weighted by atomic mass is 10.2. The Bertz CT molecular complexity index is 193. The molecule has 0 aliphatic rings. The van der Waals surface area contributed by atoms with Crippen LogP contribution in [0, 0.1) is 0 Å². The van der Waals surface area contributed by atoms with E-state index in [1.807, 2.05) is 0 Å². The summed E-state index contributed by atoms with van der Waals surface area (Å²) < 4.78 is 58.0. The van der Waals surface area contributed by atoms with Crippen LogP contribution < -0.4 is 0 Å². The number of nitrogens with zero attached hydrogens (tertiary/aromatic N) is 1. The number of rotatable bonds is 3. The molecule has 12 heavy (non-hydrogen) atoms. The first kappa shape index (κ1) is 11.0. The quantitative estimate of drug-likeness (QED) is 0.378. The van der Waals surface area contributed by atoms with Crippen molar-refractivity contribution >= 4 is 6.08 Å². The highest BCUT2D eigenvalue weighted by atomic mass is 19.4. The van der Waals surface area contributed by atoms with Crippen LogP contribution in [0.15, 0.2) is 4.99 Å². The Morgan fingerprint density at radius 3 is 2.00 bits per heavy atom. The summed E-state index contributed by atoms with van der Waals surface area (Å²) in [7, 11) is 0. The number of hydrogen-bond donors (Lipinski definition) is 0. The Kier molecular flexibility index (Phi) is 3.33. The molecule has 0 rings (SSSR count). The number of isocyanates is 1. The van der Waals surface area contributed by atoms with Crippen molar-refractivity contribution in [1.82, 2.24) is 0 Å². The molecule has 0 heterocycles. The molecule has 0 spiro atoms. The summed E-state index contributed by atoms with van der Waals surface area (Å²) in [6.07, 6.45) is -6.23. The molecule has 0 atom stereocenters. The highest BCUT2D eigenvalue weighted by Crippen LogP contribution is 2.37. The molecule has 0 amide bonds. The summed E-state index contributed by atoms with van der Waals surface area (Å²) in [4.78, 5) is 11.9. The summed E-state index contributed by atoms with van der Waals surface area (Å²) in [6, 6.07) is 0. The fourth-order valence-electron chi connectivity index (χ4n) is 0.384. The predicted molar refractivity (Wildman–Crippen MR) is 28.6 cm³/mol. The Hall–Kier alpha value is -0.970. The Balaban J connectivity index is 4.13. The maximum absolute atomic E-state index is 11.9. The third kappa shape index (κ3) is 2.96. The number of halogens is 5. The molecule has 0 aliphatic heterocycles.